The highest BCUT2D eigenvalue weighted by atomic mass is 16.5. The number of rotatable bonds is 9. The number of alkyl carbamates (subject to hydrolysis) is 1. The molecule has 1 rings (SSSR count). The van der Waals surface area contributed by atoms with Crippen molar-refractivity contribution >= 4 is 12.4 Å². The quantitative estimate of drug-likeness (QED) is 0.557. The molecule has 0 aliphatic rings. The first-order valence-corrected chi connectivity index (χ1v) is 7.18. The molecule has 0 heterocycles. The fourth-order valence-electron chi connectivity index (χ4n) is 1.88. The van der Waals surface area contributed by atoms with Crippen molar-refractivity contribution in [3.8, 4) is 0 Å². The maximum absolute atomic E-state index is 11.5. The lowest BCUT2D eigenvalue weighted by atomic mass is 10.1. The van der Waals surface area contributed by atoms with E-state index in [0.717, 1.165) is 32.0 Å². The monoisotopic (exact) mass is 277 g/mol. The summed E-state index contributed by atoms with van der Waals surface area (Å²) >= 11 is 0. The molecular weight excluding hydrogens is 254 g/mol. The van der Waals surface area contributed by atoms with Crippen LogP contribution in [-0.2, 0) is 16.0 Å². The Morgan fingerprint density at radius 2 is 2.05 bits per heavy atom. The molecule has 4 nitrogen and oxygen atoms in total. The third-order valence-corrected chi connectivity index (χ3v) is 3.02. The first-order valence-electron chi connectivity index (χ1n) is 7.18. The number of hydrogen-bond acceptors (Lipinski definition) is 3. The van der Waals surface area contributed by atoms with E-state index in [4.69, 9.17) is 4.74 Å². The normalized spacial score (nSPS) is 11.7. The van der Waals surface area contributed by atoms with Crippen LogP contribution in [0.25, 0.3) is 0 Å². The van der Waals surface area contributed by atoms with E-state index in [0.29, 0.717) is 13.0 Å². The van der Waals surface area contributed by atoms with E-state index < -0.39 is 12.1 Å². The Morgan fingerprint density at radius 1 is 1.30 bits per heavy atom. The van der Waals surface area contributed by atoms with Crippen LogP contribution in [0.5, 0.6) is 0 Å². The van der Waals surface area contributed by atoms with E-state index in [1.54, 1.807) is 0 Å². The van der Waals surface area contributed by atoms with Crippen molar-refractivity contribution in [3.05, 3.63) is 35.9 Å². The van der Waals surface area contributed by atoms with Gasteiger partial charge < -0.3 is 14.8 Å². The van der Waals surface area contributed by atoms with Crippen molar-refractivity contribution in [3.63, 3.8) is 0 Å². The van der Waals surface area contributed by atoms with Crippen molar-refractivity contribution in [1.29, 1.82) is 0 Å². The fraction of sp³-hybridized carbons (Fsp3) is 0.500. The van der Waals surface area contributed by atoms with E-state index in [-0.39, 0.29) is 0 Å². The Bertz CT molecular complexity index is 392. The maximum atomic E-state index is 11.5. The molecule has 0 radical (unpaired) electrons. The van der Waals surface area contributed by atoms with Gasteiger partial charge in [-0.2, -0.15) is 0 Å². The van der Waals surface area contributed by atoms with Crippen molar-refractivity contribution in [2.75, 3.05) is 6.61 Å². The summed E-state index contributed by atoms with van der Waals surface area (Å²) in [4.78, 5) is 22.3. The fourth-order valence-corrected chi connectivity index (χ4v) is 1.88. The van der Waals surface area contributed by atoms with Gasteiger partial charge in [-0.05, 0) is 24.8 Å². The van der Waals surface area contributed by atoms with E-state index in [1.165, 1.54) is 5.56 Å². The summed E-state index contributed by atoms with van der Waals surface area (Å²) in [5.74, 6) is 0. The molecule has 1 aromatic carbocycles. The summed E-state index contributed by atoms with van der Waals surface area (Å²) in [7, 11) is 0. The second-order valence-corrected chi connectivity index (χ2v) is 4.75. The zero-order valence-corrected chi connectivity index (χ0v) is 12.0. The Kier molecular flexibility index (Phi) is 8.11. The summed E-state index contributed by atoms with van der Waals surface area (Å²) in [5, 5.41) is 2.57. The molecule has 0 saturated carbocycles. The summed E-state index contributed by atoms with van der Waals surface area (Å²) in [6.07, 6.45) is 4.49. The van der Waals surface area contributed by atoms with E-state index in [1.807, 2.05) is 37.3 Å². The van der Waals surface area contributed by atoms with Crippen molar-refractivity contribution < 1.29 is 14.3 Å². The van der Waals surface area contributed by atoms with Crippen LogP contribution < -0.4 is 5.32 Å². The van der Waals surface area contributed by atoms with Gasteiger partial charge in [0.05, 0.1) is 12.6 Å². The zero-order chi connectivity index (χ0) is 14.6. The molecule has 0 fully saturated rings. The predicted molar refractivity (Wildman–Crippen MR) is 78.6 cm³/mol. The van der Waals surface area contributed by atoms with Crippen molar-refractivity contribution in [1.82, 2.24) is 5.32 Å². The molecule has 0 aromatic heterocycles. The van der Waals surface area contributed by atoms with Crippen LogP contribution in [-0.4, -0.2) is 25.0 Å². The third-order valence-electron chi connectivity index (χ3n) is 3.02. The average molecular weight is 277 g/mol. The van der Waals surface area contributed by atoms with Gasteiger partial charge in [0.15, 0.2) is 0 Å². The Labute approximate surface area is 120 Å². The molecule has 0 aliphatic carbocycles. The minimum absolute atomic E-state index is 0.361. The molecule has 0 bridgehead atoms. The number of unbranched alkanes of at least 4 members (excludes halogenated alkanes) is 1. The maximum Gasteiger partial charge on any atom is 0.407 e. The smallest absolute Gasteiger partial charge is 0.407 e. The average Bonchev–Trinajstić information content (AvgIpc) is 2.49. The number of amides is 1. The summed E-state index contributed by atoms with van der Waals surface area (Å²) in [5.41, 5.74) is 1.23. The lowest BCUT2D eigenvalue weighted by Crippen LogP contribution is -2.36. The highest BCUT2D eigenvalue weighted by molar-refractivity contribution is 5.72. The number of carbonyl (C=O) groups excluding carboxylic acids is 2. The molecule has 0 unspecified atom stereocenters. The van der Waals surface area contributed by atoms with E-state index >= 15 is 0 Å². The minimum atomic E-state index is -0.508. The topological polar surface area (TPSA) is 55.4 Å². The number of ether oxygens (including phenoxy) is 1. The van der Waals surface area contributed by atoms with Crippen LogP contribution in [0.1, 0.15) is 38.2 Å². The molecule has 1 N–H and O–H groups in total. The van der Waals surface area contributed by atoms with Gasteiger partial charge in [0, 0.05) is 0 Å². The molecule has 0 spiro atoms. The Morgan fingerprint density at radius 3 is 2.70 bits per heavy atom. The molecular formula is C16H23NO3. The van der Waals surface area contributed by atoms with Crippen LogP contribution in [0.2, 0.25) is 0 Å². The SMILES string of the molecule is CCCC[C@@H](C=O)NC(=O)OCCCc1ccccc1. The Balaban J connectivity index is 2.14. The summed E-state index contributed by atoms with van der Waals surface area (Å²) < 4.78 is 5.07. The van der Waals surface area contributed by atoms with Crippen LogP contribution in [0.3, 0.4) is 0 Å². The van der Waals surface area contributed by atoms with Crippen LogP contribution >= 0.6 is 0 Å². The molecule has 0 saturated heterocycles. The van der Waals surface area contributed by atoms with Crippen LogP contribution in [0, 0.1) is 0 Å². The third kappa shape index (κ3) is 6.92. The highest BCUT2D eigenvalue weighted by Crippen LogP contribution is 2.03. The molecule has 20 heavy (non-hydrogen) atoms. The van der Waals surface area contributed by atoms with Crippen LogP contribution in [0.15, 0.2) is 30.3 Å². The lowest BCUT2D eigenvalue weighted by Gasteiger charge is -2.12. The Hall–Kier alpha value is -1.84. The van der Waals surface area contributed by atoms with Gasteiger partial charge in [0.25, 0.3) is 0 Å². The zero-order valence-electron chi connectivity index (χ0n) is 12.0. The molecule has 4 heteroatoms. The second kappa shape index (κ2) is 10.0. The number of carbonyl (C=O) groups is 2. The number of benzene rings is 1. The van der Waals surface area contributed by atoms with Gasteiger partial charge in [-0.1, -0.05) is 50.1 Å². The van der Waals surface area contributed by atoms with Gasteiger partial charge in [-0.25, -0.2) is 4.79 Å². The molecule has 1 aromatic rings. The molecule has 110 valence electrons. The van der Waals surface area contributed by atoms with E-state index in [2.05, 4.69) is 5.32 Å². The van der Waals surface area contributed by atoms with Gasteiger partial charge in [0.2, 0.25) is 0 Å². The largest absolute Gasteiger partial charge is 0.450 e. The van der Waals surface area contributed by atoms with Crippen molar-refractivity contribution in [2.45, 2.75) is 45.1 Å². The lowest BCUT2D eigenvalue weighted by molar-refractivity contribution is -0.109. The van der Waals surface area contributed by atoms with Gasteiger partial charge >= 0.3 is 6.09 Å². The van der Waals surface area contributed by atoms with Gasteiger partial charge in [0.1, 0.15) is 6.29 Å². The molecule has 1 amide bonds. The number of nitrogens with one attached hydrogen (secondary N) is 1. The highest BCUT2D eigenvalue weighted by Gasteiger charge is 2.11. The summed E-state index contributed by atoms with van der Waals surface area (Å²) in [6.45, 7) is 2.41. The van der Waals surface area contributed by atoms with Crippen molar-refractivity contribution in [2.24, 2.45) is 0 Å². The first kappa shape index (κ1) is 16.2. The molecule has 1 atom stereocenters. The minimum Gasteiger partial charge on any atom is -0.450 e. The predicted octanol–water partition coefficient (Wildman–Crippen LogP) is 3.10. The first-order chi connectivity index (χ1) is 9.76. The number of aldehydes is 1. The number of hydrogen-bond donors (Lipinski definition) is 1. The summed E-state index contributed by atoms with van der Waals surface area (Å²) in [6, 6.07) is 9.62. The van der Waals surface area contributed by atoms with Gasteiger partial charge in [-0.3, -0.25) is 0 Å². The molecule has 0 aliphatic heterocycles. The second-order valence-electron chi connectivity index (χ2n) is 4.75. The standard InChI is InChI=1S/C16H23NO3/c1-2-3-11-15(13-18)17-16(19)20-12-7-10-14-8-5-4-6-9-14/h4-6,8-9,13,15H,2-3,7,10-12H2,1H3,(H,17,19)/t15-/m0/s1. The number of aryl methyl sites for hydroxylation is 1. The van der Waals surface area contributed by atoms with Gasteiger partial charge in [-0.15, -0.1) is 0 Å². The van der Waals surface area contributed by atoms with E-state index in [9.17, 15) is 9.59 Å². The van der Waals surface area contributed by atoms with Crippen LogP contribution in [0.4, 0.5) is 4.79 Å².